The molecule has 0 saturated carbocycles. The van der Waals surface area contributed by atoms with Crippen LogP contribution >= 0.6 is 35.0 Å². The van der Waals surface area contributed by atoms with Crippen LogP contribution in [-0.4, -0.2) is 32.3 Å². The number of aryl methyl sites for hydroxylation is 1. The second-order valence-electron chi connectivity index (χ2n) is 8.91. The number of benzene rings is 2. The minimum Gasteiger partial charge on any atom is -0.342 e. The van der Waals surface area contributed by atoms with Crippen molar-refractivity contribution in [2.24, 2.45) is 5.92 Å². The lowest BCUT2D eigenvalue weighted by molar-refractivity contribution is -0.113. The van der Waals surface area contributed by atoms with Gasteiger partial charge in [-0.1, -0.05) is 73.9 Å². The third-order valence-electron chi connectivity index (χ3n) is 5.54. The molecule has 0 aliphatic carbocycles. The second kappa shape index (κ2) is 13.7. The molecule has 0 bridgehead atoms. The van der Waals surface area contributed by atoms with Crippen LogP contribution in [0, 0.1) is 5.92 Å². The molecule has 0 unspecified atom stereocenters. The van der Waals surface area contributed by atoms with Crippen LogP contribution in [0.5, 0.6) is 0 Å². The number of hydrogen-bond donors (Lipinski definition) is 2. The molecule has 7 nitrogen and oxygen atoms in total. The standard InChI is InChI=1S/C27H31Cl2N5O2S/c1-5-13-34-25(23(14-17(3)4)31-26(36)21-12-9-19(28)15-22(21)29)32-33-27(34)37-16-24(35)30-20-10-7-18(6-2)8-11-20/h5,7-12,15,17,23H,1,6,13-14,16H2,2-4H3,(H,30,35)(H,31,36)/t23-/m1/s1. The van der Waals surface area contributed by atoms with Crippen LogP contribution in [0.25, 0.3) is 0 Å². The molecule has 1 heterocycles. The van der Waals surface area contributed by atoms with Crippen LogP contribution in [0.4, 0.5) is 5.69 Å². The van der Waals surface area contributed by atoms with Crippen LogP contribution in [0.2, 0.25) is 10.0 Å². The number of rotatable bonds is 12. The molecule has 3 aromatic rings. The van der Waals surface area contributed by atoms with E-state index in [-0.39, 0.29) is 28.5 Å². The van der Waals surface area contributed by atoms with Gasteiger partial charge in [0.1, 0.15) is 0 Å². The predicted octanol–water partition coefficient (Wildman–Crippen LogP) is 6.58. The number of thioether (sulfide) groups is 1. The van der Waals surface area contributed by atoms with Crippen molar-refractivity contribution in [3.05, 3.63) is 82.1 Å². The summed E-state index contributed by atoms with van der Waals surface area (Å²) in [5.41, 5.74) is 2.28. The molecule has 0 saturated heterocycles. The number of amides is 2. The van der Waals surface area contributed by atoms with Crippen LogP contribution in [-0.2, 0) is 17.8 Å². The van der Waals surface area contributed by atoms with E-state index in [1.165, 1.54) is 23.4 Å². The van der Waals surface area contributed by atoms with E-state index in [1.54, 1.807) is 18.2 Å². The van der Waals surface area contributed by atoms with Gasteiger partial charge in [-0.25, -0.2) is 0 Å². The topological polar surface area (TPSA) is 88.9 Å². The number of nitrogens with zero attached hydrogens (tertiary/aromatic N) is 3. The molecule has 1 aromatic heterocycles. The van der Waals surface area contributed by atoms with E-state index in [4.69, 9.17) is 23.2 Å². The Balaban J connectivity index is 1.76. The summed E-state index contributed by atoms with van der Waals surface area (Å²) in [6.07, 6.45) is 3.30. The Morgan fingerprint density at radius 3 is 2.49 bits per heavy atom. The molecule has 0 radical (unpaired) electrons. The molecule has 10 heteroatoms. The quantitative estimate of drug-likeness (QED) is 0.193. The normalized spacial score (nSPS) is 11.8. The lowest BCUT2D eigenvalue weighted by atomic mass is 10.0. The van der Waals surface area contributed by atoms with E-state index in [0.29, 0.717) is 34.5 Å². The zero-order valence-electron chi connectivity index (χ0n) is 21.1. The number of nitrogens with one attached hydrogen (secondary N) is 2. The first-order chi connectivity index (χ1) is 17.7. The minimum atomic E-state index is -0.424. The van der Waals surface area contributed by atoms with Gasteiger partial charge >= 0.3 is 0 Å². The van der Waals surface area contributed by atoms with E-state index < -0.39 is 6.04 Å². The largest absolute Gasteiger partial charge is 0.342 e. The molecule has 1 atom stereocenters. The Labute approximate surface area is 232 Å². The minimum absolute atomic E-state index is 0.145. The smallest absolute Gasteiger partial charge is 0.253 e. The van der Waals surface area contributed by atoms with Crippen molar-refractivity contribution in [3.63, 3.8) is 0 Å². The third kappa shape index (κ3) is 8.09. The first-order valence-electron chi connectivity index (χ1n) is 12.0. The van der Waals surface area contributed by atoms with Crippen LogP contribution < -0.4 is 10.6 Å². The van der Waals surface area contributed by atoms with E-state index in [9.17, 15) is 9.59 Å². The molecule has 0 fully saturated rings. The van der Waals surface area contributed by atoms with Crippen molar-refractivity contribution in [1.29, 1.82) is 0 Å². The second-order valence-corrected chi connectivity index (χ2v) is 10.7. The number of halogens is 2. The summed E-state index contributed by atoms with van der Waals surface area (Å²) in [7, 11) is 0. The Bertz CT molecular complexity index is 1240. The van der Waals surface area contributed by atoms with Crippen molar-refractivity contribution < 1.29 is 9.59 Å². The summed E-state index contributed by atoms with van der Waals surface area (Å²) in [5, 5.41) is 16.0. The van der Waals surface area contributed by atoms with Crippen molar-refractivity contribution in [3.8, 4) is 0 Å². The molecule has 0 aliphatic rings. The molecule has 0 aliphatic heterocycles. The van der Waals surface area contributed by atoms with Crippen molar-refractivity contribution in [2.75, 3.05) is 11.1 Å². The van der Waals surface area contributed by atoms with Crippen molar-refractivity contribution in [1.82, 2.24) is 20.1 Å². The van der Waals surface area contributed by atoms with E-state index >= 15 is 0 Å². The molecule has 2 N–H and O–H groups in total. The molecule has 3 rings (SSSR count). The summed E-state index contributed by atoms with van der Waals surface area (Å²) in [4.78, 5) is 25.6. The molecular weight excluding hydrogens is 529 g/mol. The van der Waals surface area contributed by atoms with E-state index in [2.05, 4.69) is 48.2 Å². The summed E-state index contributed by atoms with van der Waals surface area (Å²) in [5.74, 6) is 0.536. The summed E-state index contributed by atoms with van der Waals surface area (Å²) in [6.45, 7) is 10.5. The van der Waals surface area contributed by atoms with Crippen molar-refractivity contribution >= 4 is 52.5 Å². The van der Waals surface area contributed by atoms with Gasteiger partial charge in [0.05, 0.1) is 22.4 Å². The fourth-order valence-electron chi connectivity index (χ4n) is 3.73. The first kappa shape index (κ1) is 28.8. The maximum absolute atomic E-state index is 13.1. The van der Waals surface area contributed by atoms with Gasteiger partial charge in [-0.2, -0.15) is 0 Å². The Hall–Kier alpha value is -2.81. The van der Waals surface area contributed by atoms with Crippen molar-refractivity contribution in [2.45, 2.75) is 51.4 Å². The SMILES string of the molecule is C=CCn1c(SCC(=O)Nc2ccc(CC)cc2)nnc1[C@@H](CC(C)C)NC(=O)c1ccc(Cl)cc1Cl. The third-order valence-corrected chi connectivity index (χ3v) is 7.05. The monoisotopic (exact) mass is 559 g/mol. The van der Waals surface area contributed by atoms with Gasteiger partial charge in [0.25, 0.3) is 5.91 Å². The van der Waals surface area contributed by atoms with Gasteiger partial charge in [-0.3, -0.25) is 9.59 Å². The van der Waals surface area contributed by atoms with Gasteiger partial charge in [0, 0.05) is 17.3 Å². The number of carbonyl (C=O) groups is 2. The number of aromatic nitrogens is 3. The van der Waals surface area contributed by atoms with Crippen LogP contribution in [0.15, 0.2) is 60.3 Å². The molecule has 2 aromatic carbocycles. The highest BCUT2D eigenvalue weighted by Gasteiger charge is 2.25. The lowest BCUT2D eigenvalue weighted by Crippen LogP contribution is -2.32. The number of carbonyl (C=O) groups excluding carboxylic acids is 2. The average molecular weight is 561 g/mol. The average Bonchev–Trinajstić information content (AvgIpc) is 3.25. The van der Waals surface area contributed by atoms with Crippen LogP contribution in [0.1, 0.15) is 55.0 Å². The molecule has 37 heavy (non-hydrogen) atoms. The maximum Gasteiger partial charge on any atom is 0.253 e. The van der Waals surface area contributed by atoms with Gasteiger partial charge in [0.15, 0.2) is 11.0 Å². The Kier molecular flexibility index (Phi) is 10.6. The zero-order valence-corrected chi connectivity index (χ0v) is 23.5. The highest BCUT2D eigenvalue weighted by molar-refractivity contribution is 7.99. The summed E-state index contributed by atoms with van der Waals surface area (Å²) < 4.78 is 1.87. The molecule has 2 amide bonds. The van der Waals surface area contributed by atoms with Gasteiger partial charge in [-0.05, 0) is 54.7 Å². The molecule has 196 valence electrons. The highest BCUT2D eigenvalue weighted by atomic mass is 35.5. The van der Waals surface area contributed by atoms with Gasteiger partial charge in [0.2, 0.25) is 5.91 Å². The lowest BCUT2D eigenvalue weighted by Gasteiger charge is -2.21. The highest BCUT2D eigenvalue weighted by Crippen LogP contribution is 2.27. The predicted molar refractivity (Wildman–Crippen MR) is 152 cm³/mol. The Morgan fingerprint density at radius 2 is 1.86 bits per heavy atom. The zero-order chi connectivity index (χ0) is 26.9. The fourth-order valence-corrected chi connectivity index (χ4v) is 4.98. The van der Waals surface area contributed by atoms with Gasteiger partial charge in [-0.15, -0.1) is 16.8 Å². The van der Waals surface area contributed by atoms with E-state index in [1.807, 2.05) is 28.8 Å². The van der Waals surface area contributed by atoms with Crippen LogP contribution in [0.3, 0.4) is 0 Å². The first-order valence-corrected chi connectivity index (χ1v) is 13.8. The molecule has 0 spiro atoms. The summed E-state index contributed by atoms with van der Waals surface area (Å²) in [6, 6.07) is 12.1. The summed E-state index contributed by atoms with van der Waals surface area (Å²) >= 11 is 13.5. The fraction of sp³-hybridized carbons (Fsp3) is 0.333. The maximum atomic E-state index is 13.1. The number of hydrogen-bond acceptors (Lipinski definition) is 5. The number of allylic oxidation sites excluding steroid dienone is 1. The van der Waals surface area contributed by atoms with Gasteiger partial charge < -0.3 is 15.2 Å². The number of anilines is 1. The Morgan fingerprint density at radius 1 is 1.14 bits per heavy atom. The van der Waals surface area contributed by atoms with E-state index in [0.717, 1.165) is 12.1 Å². The molecular formula is C27H31Cl2N5O2S.